The van der Waals surface area contributed by atoms with E-state index in [2.05, 4.69) is 36.5 Å². The van der Waals surface area contributed by atoms with Crippen molar-refractivity contribution in [3.63, 3.8) is 0 Å². The normalized spacial score (nSPS) is 18.8. The number of aliphatic hydroxyl groups is 1. The first-order valence-corrected chi connectivity index (χ1v) is 11.7. The summed E-state index contributed by atoms with van der Waals surface area (Å²) in [4.78, 5) is 35.9. The van der Waals surface area contributed by atoms with E-state index in [0.717, 1.165) is 0 Å². The van der Waals surface area contributed by atoms with Gasteiger partial charge in [-0.05, 0) is 68.1 Å². The molecule has 0 spiro atoms. The van der Waals surface area contributed by atoms with Gasteiger partial charge in [0.05, 0.1) is 16.2 Å². The second-order valence-corrected chi connectivity index (χ2v) is 9.80. The number of halogens is 1. The Labute approximate surface area is 200 Å². The molecule has 3 rings (SSSR count). The van der Waals surface area contributed by atoms with Crippen LogP contribution in [0.2, 0.25) is 0 Å². The predicted octanol–water partition coefficient (Wildman–Crippen LogP) is 2.78. The number of benzene rings is 1. The SMILES string of the molecule is CC(C)(C)OC(=O)N1CCC(Nc2cnc3ccc(Br)c(O)c3n2)C[C@H]1C(=O)NCCCO. The highest BCUT2D eigenvalue weighted by Gasteiger charge is 2.38. The number of ether oxygens (including phenoxy) is 1. The fourth-order valence-corrected chi connectivity index (χ4v) is 3.93. The monoisotopic (exact) mass is 523 g/mol. The zero-order valence-corrected chi connectivity index (χ0v) is 20.6. The van der Waals surface area contributed by atoms with Gasteiger partial charge in [-0.15, -0.1) is 0 Å². The van der Waals surface area contributed by atoms with E-state index in [-0.39, 0.29) is 24.3 Å². The third-order valence-corrected chi connectivity index (χ3v) is 5.80. The van der Waals surface area contributed by atoms with Crippen LogP contribution in [0.3, 0.4) is 0 Å². The second kappa shape index (κ2) is 10.5. The number of piperidine rings is 1. The van der Waals surface area contributed by atoms with Gasteiger partial charge in [0.1, 0.15) is 23.0 Å². The number of anilines is 1. The van der Waals surface area contributed by atoms with E-state index >= 15 is 0 Å². The summed E-state index contributed by atoms with van der Waals surface area (Å²) in [6, 6.07) is 2.56. The van der Waals surface area contributed by atoms with Crippen LogP contribution in [-0.2, 0) is 9.53 Å². The van der Waals surface area contributed by atoms with E-state index in [1.165, 1.54) is 4.90 Å². The van der Waals surface area contributed by atoms with Crippen LogP contribution in [0.15, 0.2) is 22.8 Å². The van der Waals surface area contributed by atoms with Gasteiger partial charge in [-0.3, -0.25) is 14.7 Å². The molecule has 0 radical (unpaired) electrons. The smallest absolute Gasteiger partial charge is 0.410 e. The minimum atomic E-state index is -0.735. The third kappa shape index (κ3) is 6.44. The average Bonchev–Trinajstić information content (AvgIpc) is 2.75. The number of hydrogen-bond donors (Lipinski definition) is 4. The van der Waals surface area contributed by atoms with Gasteiger partial charge in [0.15, 0.2) is 5.75 Å². The first-order chi connectivity index (χ1) is 15.6. The minimum Gasteiger partial charge on any atom is -0.504 e. The quantitative estimate of drug-likeness (QED) is 0.424. The van der Waals surface area contributed by atoms with Crippen molar-refractivity contribution in [3.8, 4) is 5.75 Å². The molecular weight excluding hydrogens is 494 g/mol. The van der Waals surface area contributed by atoms with E-state index in [4.69, 9.17) is 9.84 Å². The lowest BCUT2D eigenvalue weighted by atomic mass is 9.96. The number of fused-ring (bicyclic) bond motifs is 1. The van der Waals surface area contributed by atoms with Gasteiger partial charge >= 0.3 is 6.09 Å². The summed E-state index contributed by atoms with van der Waals surface area (Å²) in [7, 11) is 0. The van der Waals surface area contributed by atoms with Crippen molar-refractivity contribution in [2.45, 2.75) is 57.7 Å². The molecule has 2 heterocycles. The van der Waals surface area contributed by atoms with Crippen molar-refractivity contribution in [3.05, 3.63) is 22.8 Å². The number of aromatic nitrogens is 2. The van der Waals surface area contributed by atoms with Crippen LogP contribution in [0.4, 0.5) is 10.6 Å². The molecule has 1 aliphatic rings. The maximum Gasteiger partial charge on any atom is 0.410 e. The lowest BCUT2D eigenvalue weighted by Crippen LogP contribution is -2.56. The van der Waals surface area contributed by atoms with E-state index in [0.29, 0.717) is 53.7 Å². The van der Waals surface area contributed by atoms with Crippen LogP contribution in [0.5, 0.6) is 5.75 Å². The number of phenols is 1. The molecule has 0 bridgehead atoms. The number of amides is 2. The molecule has 180 valence electrons. The lowest BCUT2D eigenvalue weighted by Gasteiger charge is -2.39. The Morgan fingerprint density at radius 1 is 1.33 bits per heavy atom. The summed E-state index contributed by atoms with van der Waals surface area (Å²) < 4.78 is 6.02. The van der Waals surface area contributed by atoms with E-state index < -0.39 is 17.7 Å². The molecule has 2 atom stereocenters. The lowest BCUT2D eigenvalue weighted by molar-refractivity contribution is -0.127. The molecule has 33 heavy (non-hydrogen) atoms. The number of phenolic OH excluding ortho intramolecular Hbond substituents is 1. The standard InChI is InChI=1S/C22H30BrN5O5/c1-22(2,3)33-21(32)28-9-7-13(11-16(28)20(31)24-8-4-10-29)26-17-12-25-15-6-5-14(23)19(30)18(15)27-17/h5-6,12-13,16,29-30H,4,7-11H2,1-3H3,(H,24,31)(H,26,27)/t13?,16-/m0/s1. The Balaban J connectivity index is 1.76. The molecule has 11 heteroatoms. The molecule has 2 amide bonds. The average molecular weight is 524 g/mol. The number of rotatable bonds is 6. The number of hydrogen-bond acceptors (Lipinski definition) is 8. The van der Waals surface area contributed by atoms with Gasteiger partial charge in [-0.25, -0.2) is 9.78 Å². The Morgan fingerprint density at radius 3 is 2.79 bits per heavy atom. The first kappa shape index (κ1) is 25.0. The zero-order valence-electron chi connectivity index (χ0n) is 19.0. The number of carbonyl (C=O) groups excluding carboxylic acids is 2. The fourth-order valence-electron chi connectivity index (χ4n) is 3.61. The Morgan fingerprint density at radius 2 is 2.09 bits per heavy atom. The van der Waals surface area contributed by atoms with Crippen LogP contribution in [0.25, 0.3) is 11.0 Å². The highest BCUT2D eigenvalue weighted by atomic mass is 79.9. The predicted molar refractivity (Wildman–Crippen MR) is 127 cm³/mol. The summed E-state index contributed by atoms with van der Waals surface area (Å²) >= 11 is 3.28. The molecule has 10 nitrogen and oxygen atoms in total. The van der Waals surface area contributed by atoms with E-state index in [1.807, 2.05) is 0 Å². The van der Waals surface area contributed by atoms with E-state index in [1.54, 1.807) is 39.1 Å². The molecule has 4 N–H and O–H groups in total. The summed E-state index contributed by atoms with van der Waals surface area (Å²) in [5, 5.41) is 25.3. The molecule has 1 aliphatic heterocycles. The summed E-state index contributed by atoms with van der Waals surface area (Å²) in [6.07, 6.45) is 2.38. The van der Waals surface area contributed by atoms with Crippen molar-refractivity contribution < 1.29 is 24.5 Å². The summed E-state index contributed by atoms with van der Waals surface area (Å²) in [6.45, 7) is 5.94. The van der Waals surface area contributed by atoms with E-state index in [9.17, 15) is 14.7 Å². The molecule has 1 fully saturated rings. The summed E-state index contributed by atoms with van der Waals surface area (Å²) in [5.41, 5.74) is 0.238. The van der Waals surface area contributed by atoms with Crippen LogP contribution in [0.1, 0.15) is 40.0 Å². The Bertz CT molecular complexity index is 1010. The Kier molecular flexibility index (Phi) is 7.96. The van der Waals surface area contributed by atoms with Crippen molar-refractivity contribution in [2.24, 2.45) is 0 Å². The number of likely N-dealkylation sites (tertiary alicyclic amines) is 1. The molecule has 0 saturated carbocycles. The van der Waals surface area contributed by atoms with Gasteiger partial charge in [-0.2, -0.15) is 0 Å². The fraction of sp³-hybridized carbons (Fsp3) is 0.545. The van der Waals surface area contributed by atoms with Gasteiger partial charge < -0.3 is 25.6 Å². The van der Waals surface area contributed by atoms with Crippen LogP contribution < -0.4 is 10.6 Å². The van der Waals surface area contributed by atoms with Crippen molar-refractivity contribution in [1.29, 1.82) is 0 Å². The highest BCUT2D eigenvalue weighted by Crippen LogP contribution is 2.31. The maximum absolute atomic E-state index is 12.9. The van der Waals surface area contributed by atoms with Crippen molar-refractivity contribution >= 4 is 44.8 Å². The molecule has 1 aromatic heterocycles. The number of aromatic hydroxyl groups is 1. The molecule has 1 unspecified atom stereocenters. The first-order valence-electron chi connectivity index (χ1n) is 10.9. The molecular formula is C22H30BrN5O5. The van der Waals surface area contributed by atoms with Crippen LogP contribution >= 0.6 is 15.9 Å². The Hall–Kier alpha value is -2.66. The number of carbonyl (C=O) groups is 2. The van der Waals surface area contributed by atoms with Crippen molar-refractivity contribution in [1.82, 2.24) is 20.2 Å². The summed E-state index contributed by atoms with van der Waals surface area (Å²) in [5.74, 6) is 0.169. The minimum absolute atomic E-state index is 0.00420. The third-order valence-electron chi connectivity index (χ3n) is 5.16. The zero-order chi connectivity index (χ0) is 24.2. The molecule has 1 saturated heterocycles. The van der Waals surface area contributed by atoms with Gasteiger partial charge in [0.2, 0.25) is 5.91 Å². The van der Waals surface area contributed by atoms with Crippen LogP contribution in [0, 0.1) is 0 Å². The highest BCUT2D eigenvalue weighted by molar-refractivity contribution is 9.10. The topological polar surface area (TPSA) is 137 Å². The number of aliphatic hydroxyl groups excluding tert-OH is 1. The van der Waals surface area contributed by atoms with Gasteiger partial charge in [-0.1, -0.05) is 0 Å². The number of nitrogens with zero attached hydrogens (tertiary/aromatic N) is 3. The van der Waals surface area contributed by atoms with Crippen LogP contribution in [-0.4, -0.2) is 74.5 Å². The van der Waals surface area contributed by atoms with Crippen molar-refractivity contribution in [2.75, 3.05) is 25.0 Å². The van der Waals surface area contributed by atoms with Gasteiger partial charge in [0.25, 0.3) is 0 Å². The molecule has 0 aliphatic carbocycles. The molecule has 1 aromatic carbocycles. The maximum atomic E-state index is 12.9. The molecule has 2 aromatic rings. The largest absolute Gasteiger partial charge is 0.504 e. The van der Waals surface area contributed by atoms with Gasteiger partial charge in [0, 0.05) is 25.7 Å². The second-order valence-electron chi connectivity index (χ2n) is 8.94. The number of nitrogens with one attached hydrogen (secondary N) is 2.